The maximum Gasteiger partial charge on any atom is 0.199 e. The van der Waals surface area contributed by atoms with E-state index in [-0.39, 0.29) is 0 Å². The van der Waals surface area contributed by atoms with E-state index in [2.05, 4.69) is 46.9 Å². The number of aromatic nitrogens is 3. The molecule has 0 amide bonds. The van der Waals surface area contributed by atoms with Gasteiger partial charge in [-0.3, -0.25) is 0 Å². The molecule has 6 nitrogen and oxygen atoms in total. The highest BCUT2D eigenvalue weighted by atomic mass is 35.5. The van der Waals surface area contributed by atoms with Crippen LogP contribution in [0.5, 0.6) is 5.75 Å². The Morgan fingerprint density at radius 3 is 2.79 bits per heavy atom. The van der Waals surface area contributed by atoms with Crippen LogP contribution in [-0.4, -0.2) is 46.1 Å². The van der Waals surface area contributed by atoms with Crippen molar-refractivity contribution in [2.45, 2.75) is 39.5 Å². The van der Waals surface area contributed by atoms with E-state index in [1.807, 2.05) is 18.2 Å². The van der Waals surface area contributed by atoms with Gasteiger partial charge in [-0.25, -0.2) is 9.97 Å². The fourth-order valence-corrected chi connectivity index (χ4v) is 4.57. The molecule has 34 heavy (non-hydrogen) atoms. The van der Waals surface area contributed by atoms with Crippen molar-refractivity contribution in [1.82, 2.24) is 19.9 Å². The average Bonchev–Trinajstić information content (AvgIpc) is 3.57. The molecule has 0 saturated carbocycles. The zero-order chi connectivity index (χ0) is 23.5. The third kappa shape index (κ3) is 5.45. The molecule has 0 spiro atoms. The topological polar surface area (TPSA) is 67.2 Å². The van der Waals surface area contributed by atoms with Crippen LogP contribution >= 0.6 is 11.6 Å². The second-order valence-electron chi connectivity index (χ2n) is 9.50. The normalized spacial score (nSPS) is 14.5. The van der Waals surface area contributed by atoms with Gasteiger partial charge in [0.1, 0.15) is 17.7 Å². The lowest BCUT2D eigenvalue weighted by molar-refractivity contribution is 0.268. The Morgan fingerprint density at radius 2 is 1.97 bits per heavy atom. The van der Waals surface area contributed by atoms with Crippen LogP contribution in [0, 0.1) is 5.92 Å². The highest BCUT2D eigenvalue weighted by Crippen LogP contribution is 2.27. The summed E-state index contributed by atoms with van der Waals surface area (Å²) in [4.78, 5) is 15.4. The van der Waals surface area contributed by atoms with E-state index in [0.717, 1.165) is 35.3 Å². The molecule has 178 valence electrons. The van der Waals surface area contributed by atoms with Crippen LogP contribution < -0.4 is 4.74 Å². The van der Waals surface area contributed by atoms with Crippen LogP contribution in [0.4, 0.5) is 0 Å². The number of halogens is 1. The number of nitrogens with one attached hydrogen (secondary N) is 1. The zero-order valence-corrected chi connectivity index (χ0v) is 20.6. The maximum atomic E-state index is 6.24. The second-order valence-corrected chi connectivity index (χ2v) is 9.93. The highest BCUT2D eigenvalue weighted by Gasteiger charge is 2.15. The number of fused-ring (bicyclic) bond motifs is 1. The van der Waals surface area contributed by atoms with Gasteiger partial charge in [-0.1, -0.05) is 31.5 Å². The quantitative estimate of drug-likeness (QED) is 0.313. The molecule has 1 saturated heterocycles. The lowest BCUT2D eigenvalue weighted by atomic mass is 10.1. The van der Waals surface area contributed by atoms with Crippen molar-refractivity contribution < 1.29 is 9.15 Å². The number of rotatable bonds is 9. The minimum atomic E-state index is 0.436. The summed E-state index contributed by atoms with van der Waals surface area (Å²) < 4.78 is 11.8. The summed E-state index contributed by atoms with van der Waals surface area (Å²) in [5.74, 6) is 2.55. The number of aromatic amines is 1. The Hall–Kier alpha value is -2.83. The average molecular weight is 479 g/mol. The monoisotopic (exact) mass is 478 g/mol. The highest BCUT2D eigenvalue weighted by molar-refractivity contribution is 6.30. The van der Waals surface area contributed by atoms with Crippen molar-refractivity contribution in [3.63, 3.8) is 0 Å². The van der Waals surface area contributed by atoms with Crippen molar-refractivity contribution in [2.75, 3.05) is 26.2 Å². The molecular weight excluding hydrogens is 448 g/mol. The molecule has 1 aliphatic rings. The molecule has 0 unspecified atom stereocenters. The molecule has 0 radical (unpaired) electrons. The molecule has 5 rings (SSSR count). The number of likely N-dealkylation sites (tertiary alicyclic amines) is 1. The fourth-order valence-electron chi connectivity index (χ4n) is 4.37. The van der Waals surface area contributed by atoms with E-state index >= 15 is 0 Å². The van der Waals surface area contributed by atoms with Gasteiger partial charge in [-0.05, 0) is 74.2 Å². The SMILES string of the molecule is CC(C)COc1ccc(Cl)cc1Cc1nc(-c2nc3ccc(CCN4CCCC4)cc3[nH]2)co1. The lowest BCUT2D eigenvalue weighted by Crippen LogP contribution is -2.21. The first-order valence-electron chi connectivity index (χ1n) is 12.1. The lowest BCUT2D eigenvalue weighted by Gasteiger charge is -2.13. The predicted molar refractivity (Wildman–Crippen MR) is 136 cm³/mol. The smallest absolute Gasteiger partial charge is 0.199 e. The standard InChI is InChI=1S/C27H31ClN4O2/c1-18(2)16-33-25-8-6-21(28)14-20(25)15-26-29-24(17-34-26)27-30-22-7-5-19(13-23(22)31-27)9-12-32-10-3-4-11-32/h5-8,13-14,17-18H,3-4,9-12,15-16H2,1-2H3,(H,30,31). The molecule has 2 aromatic heterocycles. The summed E-state index contributed by atoms with van der Waals surface area (Å²) >= 11 is 6.24. The van der Waals surface area contributed by atoms with Gasteiger partial charge < -0.3 is 19.0 Å². The van der Waals surface area contributed by atoms with Gasteiger partial charge in [-0.2, -0.15) is 0 Å². The summed E-state index contributed by atoms with van der Waals surface area (Å²) in [5, 5.41) is 0.663. The number of benzene rings is 2. The van der Waals surface area contributed by atoms with Gasteiger partial charge in [0.25, 0.3) is 0 Å². The number of ether oxygens (including phenoxy) is 1. The van der Waals surface area contributed by atoms with Crippen molar-refractivity contribution in [3.8, 4) is 17.3 Å². The van der Waals surface area contributed by atoms with Crippen molar-refractivity contribution in [1.29, 1.82) is 0 Å². The van der Waals surface area contributed by atoms with Crippen LogP contribution in [0.1, 0.15) is 43.7 Å². The van der Waals surface area contributed by atoms with Crippen molar-refractivity contribution in [3.05, 3.63) is 64.7 Å². The third-order valence-electron chi connectivity index (χ3n) is 6.19. The Kier molecular flexibility index (Phi) is 6.88. The van der Waals surface area contributed by atoms with Crippen molar-refractivity contribution in [2.24, 2.45) is 5.92 Å². The molecule has 1 fully saturated rings. The van der Waals surface area contributed by atoms with Crippen LogP contribution in [-0.2, 0) is 12.8 Å². The van der Waals surface area contributed by atoms with E-state index in [1.54, 1.807) is 6.26 Å². The molecule has 3 heterocycles. The molecule has 1 N–H and O–H groups in total. The summed E-state index contributed by atoms with van der Waals surface area (Å²) in [6.45, 7) is 8.46. The van der Waals surface area contributed by atoms with E-state index in [9.17, 15) is 0 Å². The van der Waals surface area contributed by atoms with Crippen LogP contribution in [0.25, 0.3) is 22.6 Å². The molecular formula is C27H31ClN4O2. The number of imidazole rings is 1. The van der Waals surface area contributed by atoms with Gasteiger partial charge in [0.15, 0.2) is 11.7 Å². The second kappa shape index (κ2) is 10.2. The number of nitrogens with zero attached hydrogens (tertiary/aromatic N) is 3. The van der Waals surface area contributed by atoms with Crippen LogP contribution in [0.2, 0.25) is 5.02 Å². The Bertz CT molecular complexity index is 1260. The van der Waals surface area contributed by atoms with Gasteiger partial charge in [0, 0.05) is 17.1 Å². The predicted octanol–water partition coefficient (Wildman–Crippen LogP) is 6.14. The number of oxazole rings is 1. The van der Waals surface area contributed by atoms with E-state index in [4.69, 9.17) is 25.7 Å². The fraction of sp³-hybridized carbons (Fsp3) is 0.407. The molecule has 4 aromatic rings. The Labute approximate surface area is 205 Å². The van der Waals surface area contributed by atoms with Crippen LogP contribution in [0.3, 0.4) is 0 Å². The summed E-state index contributed by atoms with van der Waals surface area (Å²) in [6, 6.07) is 12.1. The largest absolute Gasteiger partial charge is 0.493 e. The molecule has 2 aromatic carbocycles. The molecule has 1 aliphatic heterocycles. The Morgan fingerprint density at radius 1 is 1.12 bits per heavy atom. The molecule has 7 heteroatoms. The van der Waals surface area contributed by atoms with Gasteiger partial charge in [0.2, 0.25) is 0 Å². The summed E-state index contributed by atoms with van der Waals surface area (Å²) in [6.07, 6.45) is 5.85. The molecule has 0 atom stereocenters. The molecule has 0 bridgehead atoms. The summed E-state index contributed by atoms with van der Waals surface area (Å²) in [5.41, 5.74) is 4.93. The first-order chi connectivity index (χ1) is 16.5. The molecule has 0 aliphatic carbocycles. The Balaban J connectivity index is 1.30. The van der Waals surface area contributed by atoms with E-state index in [1.165, 1.54) is 31.5 Å². The maximum absolute atomic E-state index is 6.24. The minimum absolute atomic E-state index is 0.436. The van der Waals surface area contributed by atoms with Gasteiger partial charge in [0.05, 0.1) is 24.1 Å². The van der Waals surface area contributed by atoms with E-state index in [0.29, 0.717) is 41.4 Å². The minimum Gasteiger partial charge on any atom is -0.493 e. The summed E-state index contributed by atoms with van der Waals surface area (Å²) in [7, 11) is 0. The number of hydrogen-bond donors (Lipinski definition) is 1. The number of H-pyrrole nitrogens is 1. The zero-order valence-electron chi connectivity index (χ0n) is 19.8. The van der Waals surface area contributed by atoms with Gasteiger partial charge >= 0.3 is 0 Å². The van der Waals surface area contributed by atoms with Gasteiger partial charge in [-0.15, -0.1) is 0 Å². The number of hydrogen-bond acceptors (Lipinski definition) is 5. The first kappa shape index (κ1) is 22.9. The first-order valence-corrected chi connectivity index (χ1v) is 12.5. The van der Waals surface area contributed by atoms with Crippen LogP contribution in [0.15, 0.2) is 47.1 Å². The van der Waals surface area contributed by atoms with Crippen molar-refractivity contribution >= 4 is 22.6 Å². The van der Waals surface area contributed by atoms with E-state index < -0.39 is 0 Å². The third-order valence-corrected chi connectivity index (χ3v) is 6.43.